The molecule has 30 heavy (non-hydrogen) atoms. The van der Waals surface area contributed by atoms with Gasteiger partial charge in [-0.3, -0.25) is 4.55 Å². The van der Waals surface area contributed by atoms with Crippen molar-refractivity contribution in [3.8, 4) is 0 Å². The van der Waals surface area contributed by atoms with Crippen LogP contribution in [-0.2, 0) is 16.7 Å². The fourth-order valence-corrected chi connectivity index (χ4v) is 6.58. The first-order chi connectivity index (χ1) is 14.2. The van der Waals surface area contributed by atoms with E-state index in [4.69, 9.17) is 27.8 Å². The maximum atomic E-state index is 11.2. The third-order valence-electron chi connectivity index (χ3n) is 4.73. The molecule has 0 radical (unpaired) electrons. The number of anilines is 1. The zero-order valence-corrected chi connectivity index (χ0v) is 20.0. The molecule has 0 saturated carbocycles. The summed E-state index contributed by atoms with van der Waals surface area (Å²) in [5.74, 6) is -0.284. The van der Waals surface area contributed by atoms with E-state index in [1.54, 1.807) is 23.1 Å². The van der Waals surface area contributed by atoms with Gasteiger partial charge in [0.05, 0.1) is 22.5 Å². The van der Waals surface area contributed by atoms with Gasteiger partial charge < -0.3 is 4.90 Å². The number of thioether (sulfide) groups is 1. The SMILES string of the molecule is CCN1/C(=C\c2sc3ccc(Cl)cc3[n+]2CCCS(=O)(=O)O)Sc2ccc(Cl)cc21. The zero-order chi connectivity index (χ0) is 21.5. The van der Waals surface area contributed by atoms with Gasteiger partial charge in [0.2, 0.25) is 5.52 Å². The van der Waals surface area contributed by atoms with Crippen molar-refractivity contribution in [3.63, 3.8) is 0 Å². The van der Waals surface area contributed by atoms with Crippen LogP contribution in [0.1, 0.15) is 18.4 Å². The predicted molar refractivity (Wildman–Crippen MR) is 126 cm³/mol. The summed E-state index contributed by atoms with van der Waals surface area (Å²) in [5, 5.41) is 3.39. The Kier molecular flexibility index (Phi) is 6.35. The van der Waals surface area contributed by atoms with E-state index in [9.17, 15) is 8.42 Å². The number of aromatic nitrogens is 1. The van der Waals surface area contributed by atoms with Gasteiger partial charge in [-0.25, -0.2) is 0 Å². The highest BCUT2D eigenvalue weighted by atomic mass is 35.5. The van der Waals surface area contributed by atoms with E-state index >= 15 is 0 Å². The van der Waals surface area contributed by atoms with E-state index in [-0.39, 0.29) is 5.75 Å². The van der Waals surface area contributed by atoms with Gasteiger partial charge in [-0.15, -0.1) is 0 Å². The molecule has 0 atom stereocenters. The molecule has 1 N–H and O–H groups in total. The lowest BCUT2D eigenvalue weighted by molar-refractivity contribution is -0.668. The molecule has 3 aromatic rings. The molecule has 2 aromatic carbocycles. The molecule has 10 heteroatoms. The number of hydrogen-bond acceptors (Lipinski definition) is 5. The Labute approximate surface area is 193 Å². The maximum Gasteiger partial charge on any atom is 0.265 e. The summed E-state index contributed by atoms with van der Waals surface area (Å²) < 4.78 is 34.6. The van der Waals surface area contributed by atoms with Gasteiger partial charge in [-0.1, -0.05) is 46.3 Å². The lowest BCUT2D eigenvalue weighted by Crippen LogP contribution is -2.36. The largest absolute Gasteiger partial charge is 0.335 e. The summed E-state index contributed by atoms with van der Waals surface area (Å²) in [4.78, 5) is 3.36. The van der Waals surface area contributed by atoms with Crippen LogP contribution in [0.15, 0.2) is 46.3 Å². The first-order valence-corrected chi connectivity index (χ1v) is 13.3. The number of thiazole rings is 1. The molecule has 0 aliphatic carbocycles. The van der Waals surface area contributed by atoms with Crippen molar-refractivity contribution in [2.45, 2.75) is 24.8 Å². The van der Waals surface area contributed by atoms with Gasteiger partial charge in [0, 0.05) is 34.0 Å². The molecule has 4 rings (SSSR count). The molecule has 0 fully saturated rings. The molecule has 0 unspecified atom stereocenters. The van der Waals surface area contributed by atoms with E-state index in [1.165, 1.54) is 0 Å². The van der Waals surface area contributed by atoms with E-state index in [0.717, 1.165) is 37.4 Å². The predicted octanol–water partition coefficient (Wildman–Crippen LogP) is 5.70. The minimum Gasteiger partial charge on any atom is -0.335 e. The van der Waals surface area contributed by atoms with Gasteiger partial charge in [0.15, 0.2) is 6.54 Å². The van der Waals surface area contributed by atoms with Crippen molar-refractivity contribution in [1.82, 2.24) is 0 Å². The third kappa shape index (κ3) is 4.64. The molecule has 0 amide bonds. The number of fused-ring (bicyclic) bond motifs is 2. The quantitative estimate of drug-likeness (QED) is 0.346. The monoisotopic (exact) mass is 501 g/mol. The summed E-state index contributed by atoms with van der Waals surface area (Å²) in [6.07, 6.45) is 2.42. The minimum absolute atomic E-state index is 0.284. The number of rotatable bonds is 6. The summed E-state index contributed by atoms with van der Waals surface area (Å²) >= 11 is 15.7. The molecule has 2 heterocycles. The molecule has 0 spiro atoms. The highest BCUT2D eigenvalue weighted by molar-refractivity contribution is 8.03. The molecule has 0 bridgehead atoms. The standard InChI is InChI=1S/C20H18Cl2N2O3S3/c1-2-23-15-10-13(21)4-6-17(15)28-19(23)12-20-24(8-3-9-30(25,26)27)16-11-14(22)5-7-18(16)29-20/h4-7,10-12H,2-3,8-9H2,1H3/p+1. The van der Waals surface area contributed by atoms with Crippen LogP contribution in [0.3, 0.4) is 0 Å². The fraction of sp³-hybridized carbons (Fsp3) is 0.250. The van der Waals surface area contributed by atoms with Gasteiger partial charge in [-0.2, -0.15) is 13.0 Å². The first kappa shape index (κ1) is 21.9. The molecule has 1 aliphatic rings. The second-order valence-electron chi connectivity index (χ2n) is 6.78. The van der Waals surface area contributed by atoms with Crippen molar-refractivity contribution in [1.29, 1.82) is 0 Å². The van der Waals surface area contributed by atoms with Crippen LogP contribution in [0.2, 0.25) is 10.0 Å². The minimum atomic E-state index is -4.00. The second-order valence-corrected chi connectivity index (χ2v) is 11.4. The van der Waals surface area contributed by atoms with E-state index < -0.39 is 10.1 Å². The molecule has 1 aliphatic heterocycles. The van der Waals surface area contributed by atoms with E-state index in [0.29, 0.717) is 23.0 Å². The number of aryl methyl sites for hydroxylation is 1. The molecule has 0 saturated heterocycles. The fourth-order valence-electron chi connectivity index (χ4n) is 3.43. The number of nitrogens with zero attached hydrogens (tertiary/aromatic N) is 2. The number of halogens is 2. The number of benzene rings is 2. The van der Waals surface area contributed by atoms with Crippen LogP contribution in [0.25, 0.3) is 16.3 Å². The van der Waals surface area contributed by atoms with Crippen LogP contribution in [0, 0.1) is 0 Å². The lowest BCUT2D eigenvalue weighted by atomic mass is 10.3. The summed E-state index contributed by atoms with van der Waals surface area (Å²) in [6.45, 7) is 3.34. The molecular weight excluding hydrogens is 483 g/mol. The van der Waals surface area contributed by atoms with E-state index in [2.05, 4.69) is 22.5 Å². The van der Waals surface area contributed by atoms with Crippen molar-refractivity contribution in [3.05, 3.63) is 56.5 Å². The van der Waals surface area contributed by atoms with Crippen molar-refractivity contribution >= 4 is 78.4 Å². The smallest absolute Gasteiger partial charge is 0.265 e. The summed E-state index contributed by atoms with van der Waals surface area (Å²) in [6, 6.07) is 11.6. The number of hydrogen-bond donors (Lipinski definition) is 1. The van der Waals surface area contributed by atoms with Crippen LogP contribution in [-0.4, -0.2) is 25.3 Å². The molecule has 5 nitrogen and oxygen atoms in total. The lowest BCUT2D eigenvalue weighted by Gasteiger charge is -2.17. The van der Waals surface area contributed by atoms with Crippen molar-refractivity contribution < 1.29 is 17.5 Å². The van der Waals surface area contributed by atoms with Gasteiger partial charge in [0.1, 0.15) is 4.70 Å². The molecular formula is C20H19Cl2N2O3S3+. The Bertz CT molecular complexity index is 1260. The van der Waals surface area contributed by atoms with Gasteiger partial charge in [-0.05, 0) is 37.3 Å². The third-order valence-corrected chi connectivity index (χ3v) is 8.23. The summed E-state index contributed by atoms with van der Waals surface area (Å²) in [7, 11) is -4.00. The van der Waals surface area contributed by atoms with Gasteiger partial charge >= 0.3 is 0 Å². The Balaban J connectivity index is 1.75. The molecule has 1 aromatic heterocycles. The summed E-state index contributed by atoms with van der Waals surface area (Å²) in [5.41, 5.74) is 2.03. The highest BCUT2D eigenvalue weighted by Gasteiger charge is 2.27. The van der Waals surface area contributed by atoms with Crippen LogP contribution >= 0.6 is 46.3 Å². The van der Waals surface area contributed by atoms with Crippen LogP contribution in [0.5, 0.6) is 0 Å². The average Bonchev–Trinajstić information content (AvgIpc) is 3.18. The Morgan fingerprint density at radius 1 is 1.17 bits per heavy atom. The van der Waals surface area contributed by atoms with Crippen LogP contribution in [0.4, 0.5) is 5.69 Å². The van der Waals surface area contributed by atoms with Crippen LogP contribution < -0.4 is 9.47 Å². The first-order valence-electron chi connectivity index (χ1n) is 9.29. The van der Waals surface area contributed by atoms with E-state index in [1.807, 2.05) is 36.4 Å². The second kappa shape index (κ2) is 8.68. The maximum absolute atomic E-state index is 11.2. The molecule has 158 valence electrons. The van der Waals surface area contributed by atoms with Crippen molar-refractivity contribution in [2.75, 3.05) is 17.2 Å². The van der Waals surface area contributed by atoms with Crippen molar-refractivity contribution in [2.24, 2.45) is 0 Å². The zero-order valence-electron chi connectivity index (χ0n) is 16.0. The topological polar surface area (TPSA) is 61.5 Å². The van der Waals surface area contributed by atoms with Gasteiger partial charge in [0.25, 0.3) is 15.1 Å². The Hall–Kier alpha value is -1.29. The Morgan fingerprint density at radius 2 is 1.90 bits per heavy atom. The normalized spacial score (nSPS) is 15.3. The Morgan fingerprint density at radius 3 is 2.63 bits per heavy atom. The average molecular weight is 502 g/mol. The highest BCUT2D eigenvalue weighted by Crippen LogP contribution is 2.47.